The van der Waals surface area contributed by atoms with Gasteiger partial charge in [-0.25, -0.2) is 4.79 Å². The lowest BCUT2D eigenvalue weighted by molar-refractivity contribution is -0.142. The quantitative estimate of drug-likeness (QED) is 0.104. The van der Waals surface area contributed by atoms with Crippen molar-refractivity contribution in [3.8, 4) is 0 Å². The van der Waals surface area contributed by atoms with Crippen LogP contribution in [0.15, 0.2) is 0 Å². The number of carboxylic acids is 2. The molecule has 0 aromatic heterocycles. The summed E-state index contributed by atoms with van der Waals surface area (Å²) in [7, 11) is 0. The molecule has 4 amide bonds. The van der Waals surface area contributed by atoms with Crippen molar-refractivity contribution < 1.29 is 44.1 Å². The Balaban J connectivity index is 5.37. The van der Waals surface area contributed by atoms with Gasteiger partial charge in [0.1, 0.15) is 18.1 Å². The van der Waals surface area contributed by atoms with Gasteiger partial charge in [-0.3, -0.25) is 24.0 Å². The van der Waals surface area contributed by atoms with Crippen molar-refractivity contribution in [1.82, 2.24) is 16.0 Å². The molecule has 0 heterocycles. The minimum absolute atomic E-state index is 0.112. The lowest BCUT2D eigenvalue weighted by Crippen LogP contribution is -2.60. The highest BCUT2D eigenvalue weighted by atomic mass is 32.1. The van der Waals surface area contributed by atoms with Gasteiger partial charge >= 0.3 is 11.9 Å². The lowest BCUT2D eigenvalue weighted by Gasteiger charge is -2.26. The van der Waals surface area contributed by atoms with Crippen molar-refractivity contribution in [3.63, 3.8) is 0 Å². The Hall–Kier alpha value is -2.91. The van der Waals surface area contributed by atoms with Gasteiger partial charge in [-0.2, -0.15) is 12.6 Å². The number of carbonyl (C=O) groups excluding carboxylic acids is 4. The van der Waals surface area contributed by atoms with E-state index in [1.165, 1.54) is 6.92 Å². The summed E-state index contributed by atoms with van der Waals surface area (Å²) in [6, 6.07) is -5.68. The molecule has 15 heteroatoms. The van der Waals surface area contributed by atoms with Crippen molar-refractivity contribution in [3.05, 3.63) is 0 Å². The molecule has 182 valence electrons. The zero-order valence-corrected chi connectivity index (χ0v) is 18.2. The molecule has 0 fully saturated rings. The molecule has 0 spiro atoms. The third-order valence-electron chi connectivity index (χ3n) is 4.18. The van der Waals surface area contributed by atoms with Gasteiger partial charge in [0.2, 0.25) is 23.6 Å². The van der Waals surface area contributed by atoms with Crippen LogP contribution in [0.25, 0.3) is 0 Å². The number of carbonyl (C=O) groups is 6. The zero-order chi connectivity index (χ0) is 25.0. The second-order valence-electron chi connectivity index (χ2n) is 6.91. The normalized spacial score (nSPS) is 15.4. The molecule has 0 aromatic rings. The van der Waals surface area contributed by atoms with Gasteiger partial charge in [-0.05, 0) is 19.8 Å². The van der Waals surface area contributed by atoms with E-state index in [9.17, 15) is 33.9 Å². The summed E-state index contributed by atoms with van der Waals surface area (Å²) in [4.78, 5) is 69.9. The van der Waals surface area contributed by atoms with Crippen LogP contribution in [0.5, 0.6) is 0 Å². The Labute approximate surface area is 188 Å². The highest BCUT2D eigenvalue weighted by molar-refractivity contribution is 7.80. The Morgan fingerprint density at radius 1 is 0.875 bits per heavy atom. The molecule has 0 aliphatic heterocycles. The number of hydrogen-bond donors (Lipinski definition) is 9. The average Bonchev–Trinajstić information content (AvgIpc) is 2.69. The fraction of sp³-hybridized carbons (Fsp3) is 0.647. The maximum atomic E-state index is 12.6. The summed E-state index contributed by atoms with van der Waals surface area (Å²) < 4.78 is 0. The lowest BCUT2D eigenvalue weighted by atomic mass is 10.1. The summed E-state index contributed by atoms with van der Waals surface area (Å²) >= 11 is 3.80. The summed E-state index contributed by atoms with van der Waals surface area (Å²) in [5.41, 5.74) is 10.6. The van der Waals surface area contributed by atoms with Crippen LogP contribution in [0, 0.1) is 0 Å². The monoisotopic (exact) mass is 479 g/mol. The minimum atomic E-state index is -1.58. The van der Waals surface area contributed by atoms with Crippen LogP contribution in [-0.4, -0.2) is 86.9 Å². The van der Waals surface area contributed by atoms with E-state index in [1.807, 2.05) is 0 Å². The number of aliphatic carboxylic acids is 2. The summed E-state index contributed by atoms with van der Waals surface area (Å²) in [6.45, 7) is 1.17. The number of primary amides is 1. The largest absolute Gasteiger partial charge is 0.481 e. The number of amides is 4. The van der Waals surface area contributed by atoms with E-state index in [2.05, 4.69) is 28.6 Å². The summed E-state index contributed by atoms with van der Waals surface area (Å²) in [6.07, 6.45) is -2.69. The first kappa shape index (κ1) is 29.1. The first-order valence-electron chi connectivity index (χ1n) is 9.48. The number of aliphatic hydroxyl groups is 1. The van der Waals surface area contributed by atoms with Crippen LogP contribution in [0.4, 0.5) is 0 Å². The number of thiol groups is 1. The molecule has 0 radical (unpaired) electrons. The summed E-state index contributed by atoms with van der Waals surface area (Å²) in [5, 5.41) is 34.3. The molecule has 32 heavy (non-hydrogen) atoms. The smallest absolute Gasteiger partial charge is 0.327 e. The van der Waals surface area contributed by atoms with Gasteiger partial charge in [0.05, 0.1) is 12.1 Å². The maximum absolute atomic E-state index is 12.6. The predicted molar refractivity (Wildman–Crippen MR) is 112 cm³/mol. The zero-order valence-electron chi connectivity index (χ0n) is 17.3. The Morgan fingerprint density at radius 3 is 1.88 bits per heavy atom. The number of carboxylic acid groups (broad SMARTS) is 2. The molecule has 5 atom stereocenters. The minimum Gasteiger partial charge on any atom is -0.481 e. The third kappa shape index (κ3) is 10.9. The van der Waals surface area contributed by atoms with Gasteiger partial charge < -0.3 is 42.7 Å². The first-order valence-corrected chi connectivity index (χ1v) is 10.1. The molecule has 0 aliphatic rings. The van der Waals surface area contributed by atoms with Crippen LogP contribution >= 0.6 is 12.6 Å². The first-order chi connectivity index (χ1) is 14.8. The summed E-state index contributed by atoms with van der Waals surface area (Å²) in [5.74, 6) is -6.53. The van der Waals surface area contributed by atoms with E-state index in [0.717, 1.165) is 0 Å². The molecular formula is C17H29N5O9S. The Kier molecular flexibility index (Phi) is 12.9. The van der Waals surface area contributed by atoms with Crippen LogP contribution in [0.1, 0.15) is 32.6 Å². The van der Waals surface area contributed by atoms with Crippen LogP contribution in [0.2, 0.25) is 0 Å². The van der Waals surface area contributed by atoms with Crippen molar-refractivity contribution in [2.24, 2.45) is 11.5 Å². The highest BCUT2D eigenvalue weighted by Crippen LogP contribution is 2.04. The van der Waals surface area contributed by atoms with E-state index >= 15 is 0 Å². The molecule has 0 aromatic carbocycles. The molecule has 0 bridgehead atoms. The fourth-order valence-corrected chi connectivity index (χ4v) is 2.60. The molecule has 0 aliphatic carbocycles. The standard InChI is InChI=1S/C17H29N5O9S/c1-7(23)13(22-14(27)8(18)2-4-11(19)24)16(29)20-9(3-5-12(25)26)15(28)21-10(6-32)17(30)31/h7-10,13,23,32H,2-6,18H2,1H3,(H2,19,24)(H,20,29)(H,21,28)(H,22,27)(H,25,26)(H,30,31). The van der Waals surface area contributed by atoms with E-state index in [1.54, 1.807) is 0 Å². The Bertz CT molecular complexity index is 719. The number of nitrogens with two attached hydrogens (primary N) is 2. The average molecular weight is 480 g/mol. The van der Waals surface area contributed by atoms with Crippen molar-refractivity contribution >= 4 is 48.2 Å². The van der Waals surface area contributed by atoms with E-state index < -0.39 is 78.7 Å². The van der Waals surface area contributed by atoms with Gasteiger partial charge in [0.25, 0.3) is 0 Å². The molecule has 0 saturated heterocycles. The molecule has 0 saturated carbocycles. The van der Waals surface area contributed by atoms with Crippen LogP contribution in [0.3, 0.4) is 0 Å². The number of aliphatic hydroxyl groups excluding tert-OH is 1. The number of nitrogens with one attached hydrogen (secondary N) is 3. The van der Waals surface area contributed by atoms with E-state index in [4.69, 9.17) is 21.7 Å². The van der Waals surface area contributed by atoms with E-state index in [0.29, 0.717) is 0 Å². The van der Waals surface area contributed by atoms with Crippen molar-refractivity contribution in [1.29, 1.82) is 0 Å². The van der Waals surface area contributed by atoms with Crippen molar-refractivity contribution in [2.45, 2.75) is 62.9 Å². The SMILES string of the molecule is CC(O)C(NC(=O)C(N)CCC(N)=O)C(=O)NC(CCC(=O)O)C(=O)NC(CS)C(=O)O. The molecular weight excluding hydrogens is 450 g/mol. The molecule has 5 unspecified atom stereocenters. The van der Waals surface area contributed by atoms with Crippen LogP contribution < -0.4 is 27.4 Å². The van der Waals surface area contributed by atoms with E-state index in [-0.39, 0.29) is 18.6 Å². The third-order valence-corrected chi connectivity index (χ3v) is 4.54. The van der Waals surface area contributed by atoms with Crippen LogP contribution in [-0.2, 0) is 28.8 Å². The van der Waals surface area contributed by atoms with Gasteiger partial charge in [0, 0.05) is 18.6 Å². The second-order valence-corrected chi connectivity index (χ2v) is 7.28. The molecule has 10 N–H and O–H groups in total. The van der Waals surface area contributed by atoms with Gasteiger partial charge in [-0.1, -0.05) is 0 Å². The number of hydrogen-bond acceptors (Lipinski definition) is 9. The van der Waals surface area contributed by atoms with Gasteiger partial charge in [0.15, 0.2) is 0 Å². The van der Waals surface area contributed by atoms with Crippen molar-refractivity contribution in [2.75, 3.05) is 5.75 Å². The maximum Gasteiger partial charge on any atom is 0.327 e. The topological polar surface area (TPSA) is 251 Å². The highest BCUT2D eigenvalue weighted by Gasteiger charge is 2.32. The fourth-order valence-electron chi connectivity index (χ4n) is 2.35. The molecule has 14 nitrogen and oxygen atoms in total. The predicted octanol–water partition coefficient (Wildman–Crippen LogP) is -3.71. The number of rotatable bonds is 15. The molecule has 0 rings (SSSR count). The second kappa shape index (κ2) is 14.2. The van der Waals surface area contributed by atoms with Gasteiger partial charge in [-0.15, -0.1) is 0 Å². The Morgan fingerprint density at radius 2 is 1.44 bits per heavy atom.